The van der Waals surface area contributed by atoms with Gasteiger partial charge in [-0.05, 0) is 74.7 Å². The van der Waals surface area contributed by atoms with Crippen LogP contribution in [0.4, 0.5) is 11.4 Å². The van der Waals surface area contributed by atoms with Crippen LogP contribution in [0.1, 0.15) is 32.6 Å². The van der Waals surface area contributed by atoms with Crippen LogP contribution in [-0.2, 0) is 14.8 Å². The second kappa shape index (κ2) is 9.87. The van der Waals surface area contributed by atoms with E-state index in [2.05, 4.69) is 15.4 Å². The van der Waals surface area contributed by atoms with E-state index in [0.29, 0.717) is 16.9 Å². The molecule has 7 nitrogen and oxygen atoms in total. The van der Waals surface area contributed by atoms with Crippen molar-refractivity contribution < 1.29 is 18.0 Å². The first kappa shape index (κ1) is 24.0. The summed E-state index contributed by atoms with van der Waals surface area (Å²) in [5, 5.41) is 5.34. The van der Waals surface area contributed by atoms with Gasteiger partial charge in [0.1, 0.15) is 0 Å². The Morgan fingerprint density at radius 3 is 2.24 bits per heavy atom. The number of carbonyl (C=O) groups excluding carboxylic acids is 2. The summed E-state index contributed by atoms with van der Waals surface area (Å²) in [4.78, 5) is 25.0. The Labute approximate surface area is 194 Å². The number of carbonyl (C=O) groups is 2. The molecule has 0 heterocycles. The number of benzene rings is 3. The van der Waals surface area contributed by atoms with Gasteiger partial charge in [0.15, 0.2) is 0 Å². The van der Waals surface area contributed by atoms with E-state index in [-0.39, 0.29) is 22.9 Å². The van der Waals surface area contributed by atoms with Gasteiger partial charge < -0.3 is 10.6 Å². The zero-order valence-corrected chi connectivity index (χ0v) is 19.8. The number of rotatable bonds is 7. The number of anilines is 2. The first-order chi connectivity index (χ1) is 15.6. The molecule has 3 N–H and O–H groups in total. The van der Waals surface area contributed by atoms with Gasteiger partial charge in [-0.2, -0.15) is 0 Å². The average molecular weight is 466 g/mol. The van der Waals surface area contributed by atoms with Crippen molar-refractivity contribution in [3.63, 3.8) is 0 Å². The Morgan fingerprint density at radius 1 is 0.848 bits per heavy atom. The van der Waals surface area contributed by atoms with Gasteiger partial charge in [0.05, 0.1) is 11.4 Å². The minimum atomic E-state index is -3.89. The van der Waals surface area contributed by atoms with E-state index in [1.54, 1.807) is 43.3 Å². The fourth-order valence-corrected chi connectivity index (χ4v) is 4.27. The number of aryl methyl sites for hydroxylation is 3. The predicted octanol–water partition coefficient (Wildman–Crippen LogP) is 4.09. The molecular weight excluding hydrogens is 438 g/mol. The van der Waals surface area contributed by atoms with Crippen molar-refractivity contribution in [2.24, 2.45) is 0 Å². The Balaban J connectivity index is 1.70. The highest BCUT2D eigenvalue weighted by Crippen LogP contribution is 2.20. The van der Waals surface area contributed by atoms with Crippen LogP contribution in [0.5, 0.6) is 0 Å². The summed E-state index contributed by atoms with van der Waals surface area (Å²) in [6.07, 6.45) is 0. The highest BCUT2D eigenvalue weighted by atomic mass is 32.2. The van der Waals surface area contributed by atoms with Crippen LogP contribution in [-0.4, -0.2) is 26.8 Å². The summed E-state index contributed by atoms with van der Waals surface area (Å²) in [6.45, 7) is 7.22. The summed E-state index contributed by atoms with van der Waals surface area (Å²) in [7, 11) is -3.89. The van der Waals surface area contributed by atoms with Gasteiger partial charge in [-0.3, -0.25) is 14.3 Å². The molecule has 0 unspecified atom stereocenters. The molecule has 3 rings (SSSR count). The van der Waals surface area contributed by atoms with Crippen molar-refractivity contribution in [1.82, 2.24) is 5.32 Å². The van der Waals surface area contributed by atoms with Crippen molar-refractivity contribution in [1.29, 1.82) is 0 Å². The average Bonchev–Trinajstić information content (AvgIpc) is 2.77. The molecule has 0 radical (unpaired) electrons. The predicted molar refractivity (Wildman–Crippen MR) is 130 cm³/mol. The molecule has 0 spiro atoms. The number of hydrogen-bond acceptors (Lipinski definition) is 4. The molecule has 0 aliphatic carbocycles. The largest absolute Gasteiger partial charge is 0.343 e. The summed E-state index contributed by atoms with van der Waals surface area (Å²) in [5.41, 5.74) is 4.89. The van der Waals surface area contributed by atoms with Crippen molar-refractivity contribution in [3.05, 3.63) is 88.5 Å². The second-order valence-electron chi connectivity index (χ2n) is 7.93. The topological polar surface area (TPSA) is 104 Å². The molecule has 33 heavy (non-hydrogen) atoms. The number of hydrogen-bond donors (Lipinski definition) is 3. The maximum Gasteiger partial charge on any atom is 0.261 e. The van der Waals surface area contributed by atoms with Gasteiger partial charge in [0.25, 0.3) is 15.9 Å². The Morgan fingerprint density at radius 2 is 1.55 bits per heavy atom. The first-order valence-corrected chi connectivity index (χ1v) is 11.9. The highest BCUT2D eigenvalue weighted by molar-refractivity contribution is 7.92. The summed E-state index contributed by atoms with van der Waals surface area (Å²) < 4.78 is 28.1. The number of amides is 2. The smallest absolute Gasteiger partial charge is 0.261 e. The van der Waals surface area contributed by atoms with Crippen molar-refractivity contribution in [3.8, 4) is 0 Å². The van der Waals surface area contributed by atoms with Crippen LogP contribution in [0.15, 0.2) is 65.6 Å². The maximum atomic E-state index is 12.8. The van der Waals surface area contributed by atoms with Crippen LogP contribution < -0.4 is 15.4 Å². The fourth-order valence-electron chi connectivity index (χ4n) is 3.19. The summed E-state index contributed by atoms with van der Waals surface area (Å²) >= 11 is 0. The van der Waals surface area contributed by atoms with Gasteiger partial charge in [-0.15, -0.1) is 0 Å². The van der Waals surface area contributed by atoms with Crippen LogP contribution in [0.2, 0.25) is 0 Å². The number of sulfonamides is 1. The lowest BCUT2D eigenvalue weighted by Crippen LogP contribution is -2.33. The Bertz CT molecular complexity index is 1300. The third-order valence-corrected chi connectivity index (χ3v) is 6.73. The quantitative estimate of drug-likeness (QED) is 0.489. The second-order valence-corrected chi connectivity index (χ2v) is 9.61. The van der Waals surface area contributed by atoms with E-state index in [1.807, 2.05) is 32.9 Å². The van der Waals surface area contributed by atoms with Crippen molar-refractivity contribution in [2.45, 2.75) is 32.6 Å². The molecule has 8 heteroatoms. The molecule has 0 saturated carbocycles. The van der Waals surface area contributed by atoms with Gasteiger partial charge in [0.2, 0.25) is 5.91 Å². The third-order valence-electron chi connectivity index (χ3n) is 5.36. The molecule has 0 atom stereocenters. The van der Waals surface area contributed by atoms with E-state index in [9.17, 15) is 18.0 Å². The summed E-state index contributed by atoms with van der Waals surface area (Å²) in [6, 6.07) is 16.8. The normalized spacial score (nSPS) is 11.0. The molecule has 0 fully saturated rings. The standard InChI is InChI=1S/C25H27N3O4S/c1-16-8-11-20(12-9-16)28-33(31,32)21-13-10-18(3)22(14-21)25(30)26-15-24(29)27-23-7-5-6-17(2)19(23)4/h5-14,28H,15H2,1-4H3,(H,26,30)(H,27,29). The van der Waals surface area contributed by atoms with E-state index in [4.69, 9.17) is 0 Å². The zero-order chi connectivity index (χ0) is 24.2. The third kappa shape index (κ3) is 5.98. The van der Waals surface area contributed by atoms with E-state index in [0.717, 1.165) is 16.7 Å². The molecule has 0 aromatic heterocycles. The SMILES string of the molecule is Cc1ccc(NS(=O)(=O)c2ccc(C)c(C(=O)NCC(=O)Nc3cccc(C)c3C)c2)cc1. The number of nitrogens with one attached hydrogen (secondary N) is 3. The lowest BCUT2D eigenvalue weighted by molar-refractivity contribution is -0.115. The molecule has 3 aromatic rings. The van der Waals surface area contributed by atoms with Crippen molar-refractivity contribution >= 4 is 33.2 Å². The van der Waals surface area contributed by atoms with Gasteiger partial charge in [-0.1, -0.05) is 35.9 Å². The molecule has 0 saturated heterocycles. The van der Waals surface area contributed by atoms with Crippen LogP contribution in [0, 0.1) is 27.7 Å². The van der Waals surface area contributed by atoms with E-state index >= 15 is 0 Å². The molecule has 0 aliphatic rings. The molecule has 0 bridgehead atoms. The molecule has 2 amide bonds. The van der Waals surface area contributed by atoms with Gasteiger partial charge in [-0.25, -0.2) is 8.42 Å². The van der Waals surface area contributed by atoms with Crippen LogP contribution in [0.25, 0.3) is 0 Å². The van der Waals surface area contributed by atoms with Gasteiger partial charge >= 0.3 is 0 Å². The lowest BCUT2D eigenvalue weighted by atomic mass is 10.1. The fraction of sp³-hybridized carbons (Fsp3) is 0.200. The molecular formula is C25H27N3O4S. The first-order valence-electron chi connectivity index (χ1n) is 10.4. The molecule has 172 valence electrons. The minimum Gasteiger partial charge on any atom is -0.343 e. The molecule has 3 aromatic carbocycles. The van der Waals surface area contributed by atoms with Crippen molar-refractivity contribution in [2.75, 3.05) is 16.6 Å². The zero-order valence-electron chi connectivity index (χ0n) is 19.0. The summed E-state index contributed by atoms with van der Waals surface area (Å²) in [5.74, 6) is -0.907. The lowest BCUT2D eigenvalue weighted by Gasteiger charge is -2.13. The van der Waals surface area contributed by atoms with Crippen LogP contribution in [0.3, 0.4) is 0 Å². The van der Waals surface area contributed by atoms with E-state index < -0.39 is 15.9 Å². The Kier molecular flexibility index (Phi) is 7.18. The minimum absolute atomic E-state index is 0.0429. The van der Waals surface area contributed by atoms with Crippen LogP contribution >= 0.6 is 0 Å². The monoisotopic (exact) mass is 465 g/mol. The highest BCUT2D eigenvalue weighted by Gasteiger charge is 2.19. The Hall–Kier alpha value is -3.65. The molecule has 0 aliphatic heterocycles. The van der Waals surface area contributed by atoms with Gasteiger partial charge in [0, 0.05) is 16.9 Å². The maximum absolute atomic E-state index is 12.8. The van der Waals surface area contributed by atoms with E-state index in [1.165, 1.54) is 12.1 Å².